The van der Waals surface area contributed by atoms with Crippen LogP contribution in [0.2, 0.25) is 0 Å². The summed E-state index contributed by atoms with van der Waals surface area (Å²) >= 11 is 0. The number of carbonyl (C=O) groups excluding carboxylic acids is 2. The average Bonchev–Trinajstić information content (AvgIpc) is 2.07. The van der Waals surface area contributed by atoms with Gasteiger partial charge >= 0.3 is 0 Å². The van der Waals surface area contributed by atoms with Crippen LogP contribution >= 0.6 is 0 Å². The first-order valence-electron chi connectivity index (χ1n) is 5.27. The molecule has 0 radical (unpaired) electrons. The summed E-state index contributed by atoms with van der Waals surface area (Å²) in [5.74, 6) is 0.254. The van der Waals surface area contributed by atoms with Gasteiger partial charge in [0.25, 0.3) is 0 Å². The van der Waals surface area contributed by atoms with Gasteiger partial charge in [0.05, 0.1) is 0 Å². The van der Waals surface area contributed by atoms with Crippen LogP contribution in [-0.4, -0.2) is 23.1 Å². The van der Waals surface area contributed by atoms with Crippen molar-refractivity contribution in [2.24, 2.45) is 11.7 Å². The Kier molecular flexibility index (Phi) is 3.88. The Morgan fingerprint density at radius 2 is 2.00 bits per heavy atom. The van der Waals surface area contributed by atoms with Gasteiger partial charge in [0.1, 0.15) is 5.70 Å². The van der Waals surface area contributed by atoms with E-state index >= 15 is 0 Å². The molecule has 15 heavy (non-hydrogen) atoms. The molecule has 1 rings (SSSR count). The Morgan fingerprint density at radius 3 is 2.27 bits per heavy atom. The summed E-state index contributed by atoms with van der Waals surface area (Å²) in [6.45, 7) is 3.51. The molecule has 0 aliphatic heterocycles. The van der Waals surface area contributed by atoms with Crippen LogP contribution < -0.4 is 5.73 Å². The molecule has 1 saturated carbocycles. The third-order valence-electron chi connectivity index (χ3n) is 2.86. The van der Waals surface area contributed by atoms with E-state index in [1.54, 1.807) is 0 Å². The Balaban J connectivity index is 2.71. The fraction of sp³-hybridized carbons (Fsp3) is 0.636. The minimum absolute atomic E-state index is 0.117. The summed E-state index contributed by atoms with van der Waals surface area (Å²) < 4.78 is 0. The second-order valence-corrected chi connectivity index (χ2v) is 4.03. The summed E-state index contributed by atoms with van der Waals surface area (Å²) in [6.07, 6.45) is 4.72. The lowest BCUT2D eigenvalue weighted by molar-refractivity contribution is -0.130. The lowest BCUT2D eigenvalue weighted by atomic mass is 9.85. The molecule has 1 aliphatic carbocycles. The van der Waals surface area contributed by atoms with E-state index in [0.717, 1.165) is 12.8 Å². The number of ketones is 1. The van der Waals surface area contributed by atoms with Crippen LogP contribution in [0.1, 0.15) is 33.1 Å². The minimum atomic E-state index is -0.160. The standard InChI is InChI=1S/C11H18N2O2/c1-8(14)11(6-12)13(9(2)15)7-10-4-3-5-10/h6,10H,3-5,7,12H2,1-2H3. The van der Waals surface area contributed by atoms with Gasteiger partial charge in [0.2, 0.25) is 5.91 Å². The fourth-order valence-corrected chi connectivity index (χ4v) is 1.73. The van der Waals surface area contributed by atoms with Crippen LogP contribution in [0.5, 0.6) is 0 Å². The van der Waals surface area contributed by atoms with E-state index in [-0.39, 0.29) is 11.7 Å². The molecule has 1 fully saturated rings. The van der Waals surface area contributed by atoms with E-state index in [0.29, 0.717) is 18.2 Å². The highest BCUT2D eigenvalue weighted by molar-refractivity contribution is 5.96. The first-order chi connectivity index (χ1) is 7.06. The van der Waals surface area contributed by atoms with Crippen molar-refractivity contribution in [2.75, 3.05) is 6.54 Å². The number of Topliss-reactive ketones (excluding diaryl/α,β-unsaturated/α-hetero) is 1. The number of nitrogens with zero attached hydrogens (tertiary/aromatic N) is 1. The van der Waals surface area contributed by atoms with E-state index in [1.165, 1.54) is 31.4 Å². The number of allylic oxidation sites excluding steroid dienone is 1. The van der Waals surface area contributed by atoms with Crippen LogP contribution in [-0.2, 0) is 9.59 Å². The molecule has 0 spiro atoms. The molecule has 0 bridgehead atoms. The zero-order valence-corrected chi connectivity index (χ0v) is 9.32. The molecule has 0 aromatic rings. The monoisotopic (exact) mass is 210 g/mol. The third-order valence-corrected chi connectivity index (χ3v) is 2.86. The second-order valence-electron chi connectivity index (χ2n) is 4.03. The zero-order valence-electron chi connectivity index (χ0n) is 9.32. The summed E-state index contributed by atoms with van der Waals surface area (Å²) in [5, 5.41) is 0. The number of amides is 1. The van der Waals surface area contributed by atoms with Gasteiger partial charge in [-0.2, -0.15) is 0 Å². The maximum Gasteiger partial charge on any atom is 0.224 e. The van der Waals surface area contributed by atoms with Gasteiger partial charge < -0.3 is 10.6 Å². The van der Waals surface area contributed by atoms with Crippen molar-refractivity contribution < 1.29 is 9.59 Å². The van der Waals surface area contributed by atoms with Crippen LogP contribution in [0.3, 0.4) is 0 Å². The Morgan fingerprint density at radius 1 is 1.40 bits per heavy atom. The molecular formula is C11H18N2O2. The van der Waals surface area contributed by atoms with Gasteiger partial charge in [-0.05, 0) is 18.8 Å². The zero-order chi connectivity index (χ0) is 11.4. The highest BCUT2D eigenvalue weighted by atomic mass is 16.2. The van der Waals surface area contributed by atoms with Gasteiger partial charge in [-0.25, -0.2) is 0 Å². The lowest BCUT2D eigenvalue weighted by Gasteiger charge is -2.32. The highest BCUT2D eigenvalue weighted by Gasteiger charge is 2.25. The molecule has 0 atom stereocenters. The molecule has 84 valence electrons. The van der Waals surface area contributed by atoms with Gasteiger partial charge in [0, 0.05) is 26.6 Å². The summed E-state index contributed by atoms with van der Waals surface area (Å²) in [4.78, 5) is 24.2. The molecule has 4 nitrogen and oxygen atoms in total. The molecule has 4 heteroatoms. The Labute approximate surface area is 90.1 Å². The largest absolute Gasteiger partial charge is 0.403 e. The lowest BCUT2D eigenvalue weighted by Crippen LogP contribution is -2.37. The molecule has 0 heterocycles. The van der Waals surface area contributed by atoms with Crippen molar-refractivity contribution in [3.05, 3.63) is 11.9 Å². The molecule has 2 N–H and O–H groups in total. The Bertz CT molecular complexity index is 293. The molecule has 0 aromatic carbocycles. The first kappa shape index (κ1) is 11.8. The molecule has 0 saturated heterocycles. The van der Waals surface area contributed by atoms with Gasteiger partial charge in [0.15, 0.2) is 5.78 Å². The summed E-state index contributed by atoms with van der Waals surface area (Å²) in [5.41, 5.74) is 5.69. The quantitative estimate of drug-likeness (QED) is 0.705. The number of hydrogen-bond donors (Lipinski definition) is 1. The van der Waals surface area contributed by atoms with E-state index < -0.39 is 0 Å². The highest BCUT2D eigenvalue weighted by Crippen LogP contribution is 2.28. The Hall–Kier alpha value is -1.32. The van der Waals surface area contributed by atoms with E-state index in [2.05, 4.69) is 0 Å². The van der Waals surface area contributed by atoms with Crippen LogP contribution in [0, 0.1) is 5.92 Å². The van der Waals surface area contributed by atoms with E-state index in [9.17, 15) is 9.59 Å². The smallest absolute Gasteiger partial charge is 0.224 e. The number of hydrogen-bond acceptors (Lipinski definition) is 3. The summed E-state index contributed by atoms with van der Waals surface area (Å²) in [6, 6.07) is 0. The predicted molar refractivity (Wildman–Crippen MR) is 57.7 cm³/mol. The van der Waals surface area contributed by atoms with Crippen LogP contribution in [0.4, 0.5) is 0 Å². The van der Waals surface area contributed by atoms with Crippen molar-refractivity contribution in [1.82, 2.24) is 4.90 Å². The van der Waals surface area contributed by atoms with Crippen molar-refractivity contribution in [3.63, 3.8) is 0 Å². The van der Waals surface area contributed by atoms with Crippen LogP contribution in [0.25, 0.3) is 0 Å². The topological polar surface area (TPSA) is 63.4 Å². The number of nitrogens with two attached hydrogens (primary N) is 1. The molecular weight excluding hydrogens is 192 g/mol. The van der Waals surface area contributed by atoms with Crippen molar-refractivity contribution in [3.8, 4) is 0 Å². The van der Waals surface area contributed by atoms with Gasteiger partial charge in [-0.15, -0.1) is 0 Å². The number of carbonyl (C=O) groups is 2. The fourth-order valence-electron chi connectivity index (χ4n) is 1.73. The van der Waals surface area contributed by atoms with E-state index in [4.69, 9.17) is 5.73 Å². The summed E-state index contributed by atoms with van der Waals surface area (Å²) in [7, 11) is 0. The number of rotatable bonds is 4. The maximum atomic E-state index is 11.4. The first-order valence-corrected chi connectivity index (χ1v) is 5.27. The maximum absolute atomic E-state index is 11.4. The van der Waals surface area contributed by atoms with Gasteiger partial charge in [-0.3, -0.25) is 9.59 Å². The van der Waals surface area contributed by atoms with Gasteiger partial charge in [-0.1, -0.05) is 6.42 Å². The second kappa shape index (κ2) is 4.96. The van der Waals surface area contributed by atoms with Crippen molar-refractivity contribution in [2.45, 2.75) is 33.1 Å². The predicted octanol–water partition coefficient (Wildman–Crippen LogP) is 1.02. The average molecular weight is 210 g/mol. The molecule has 1 amide bonds. The molecule has 1 aliphatic rings. The van der Waals surface area contributed by atoms with Crippen molar-refractivity contribution in [1.29, 1.82) is 0 Å². The third kappa shape index (κ3) is 2.81. The van der Waals surface area contributed by atoms with Crippen LogP contribution in [0.15, 0.2) is 11.9 Å². The molecule has 0 unspecified atom stereocenters. The van der Waals surface area contributed by atoms with Crippen molar-refractivity contribution >= 4 is 11.7 Å². The minimum Gasteiger partial charge on any atom is -0.403 e. The molecule has 0 aromatic heterocycles. The normalized spacial score (nSPS) is 17.1. The SMILES string of the molecule is CC(=O)C(=CN)N(CC1CCC1)C(C)=O. The van der Waals surface area contributed by atoms with E-state index in [1.807, 2.05) is 0 Å².